The first-order valence-electron chi connectivity index (χ1n) is 6.05. The van der Waals surface area contributed by atoms with Crippen LogP contribution < -0.4 is 0 Å². The van der Waals surface area contributed by atoms with E-state index < -0.39 is 8.38 Å². The van der Waals surface area contributed by atoms with Crippen molar-refractivity contribution in [2.75, 3.05) is 26.2 Å². The lowest BCUT2D eigenvalue weighted by atomic mass is 10.1. The van der Waals surface area contributed by atoms with Crippen LogP contribution in [0.5, 0.6) is 0 Å². The molecule has 0 radical (unpaired) electrons. The molecule has 0 aromatic heterocycles. The molecule has 1 fully saturated rings. The molecule has 16 heavy (non-hydrogen) atoms. The highest BCUT2D eigenvalue weighted by molar-refractivity contribution is 7.47. The van der Waals surface area contributed by atoms with Crippen LogP contribution in [-0.2, 0) is 13.8 Å². The second-order valence-electron chi connectivity index (χ2n) is 3.95. The van der Waals surface area contributed by atoms with Crippen molar-refractivity contribution in [2.24, 2.45) is 5.92 Å². The average molecular weight is 250 g/mol. The molecular weight excluding hydrogens is 227 g/mol. The fourth-order valence-corrected chi connectivity index (χ4v) is 3.04. The molecule has 2 atom stereocenters. The molecule has 4 nitrogen and oxygen atoms in total. The highest BCUT2D eigenvalue weighted by Crippen LogP contribution is 2.39. The van der Waals surface area contributed by atoms with Crippen molar-refractivity contribution in [3.8, 4) is 0 Å². The summed E-state index contributed by atoms with van der Waals surface area (Å²) < 4.78 is 16.7. The number of hydrogen-bond donors (Lipinski definition) is 1. The number of hydrogen-bond acceptors (Lipinski definition) is 4. The van der Waals surface area contributed by atoms with Crippen molar-refractivity contribution in [3.05, 3.63) is 0 Å². The van der Waals surface area contributed by atoms with Gasteiger partial charge in [0.2, 0.25) is 0 Å². The molecule has 1 saturated carbocycles. The maximum absolute atomic E-state index is 9.03. The Bertz CT molecular complexity index is 173. The van der Waals surface area contributed by atoms with E-state index in [1.54, 1.807) is 0 Å². The molecule has 0 aliphatic heterocycles. The Morgan fingerprint density at radius 1 is 1.19 bits per heavy atom. The molecular formula is C11H23O4P. The molecule has 96 valence electrons. The molecule has 0 spiro atoms. The molecule has 1 N–H and O–H groups in total. The van der Waals surface area contributed by atoms with Gasteiger partial charge in [0.1, 0.15) is 6.35 Å². The molecule has 1 rings (SSSR count). The summed E-state index contributed by atoms with van der Waals surface area (Å²) >= 11 is 0. The van der Waals surface area contributed by atoms with Gasteiger partial charge in [0.25, 0.3) is 0 Å². The van der Waals surface area contributed by atoms with Gasteiger partial charge in [-0.1, -0.05) is 0 Å². The lowest BCUT2D eigenvalue weighted by Gasteiger charge is -2.18. The predicted molar refractivity (Wildman–Crippen MR) is 64.3 cm³/mol. The first kappa shape index (κ1) is 14.3. The number of aliphatic hydroxyl groups excluding tert-OH is 1. The molecule has 2 unspecified atom stereocenters. The largest absolute Gasteiger partial charge is 0.396 e. The first-order valence-corrected chi connectivity index (χ1v) is 7.42. The Morgan fingerprint density at radius 2 is 1.88 bits per heavy atom. The van der Waals surface area contributed by atoms with Crippen LogP contribution >= 0.6 is 8.38 Å². The molecule has 0 aromatic rings. The standard InChI is InChI=1S/C11H23O4P/c1-3-14-16(15-4-2)9-13-11-6-5-10(7-11)8-12/h10-12H,3-9H2,1-2H3. The predicted octanol–water partition coefficient (Wildman–Crippen LogP) is 2.51. The summed E-state index contributed by atoms with van der Waals surface area (Å²) in [7, 11) is -0.880. The summed E-state index contributed by atoms with van der Waals surface area (Å²) in [4.78, 5) is 0. The molecule has 5 heteroatoms. The van der Waals surface area contributed by atoms with Crippen molar-refractivity contribution < 1.29 is 18.9 Å². The fourth-order valence-electron chi connectivity index (χ4n) is 1.91. The summed E-state index contributed by atoms with van der Waals surface area (Å²) in [6, 6.07) is 0. The fraction of sp³-hybridized carbons (Fsp3) is 1.00. The van der Waals surface area contributed by atoms with Crippen molar-refractivity contribution in [1.29, 1.82) is 0 Å². The van der Waals surface area contributed by atoms with Crippen LogP contribution in [0.1, 0.15) is 33.1 Å². The number of ether oxygens (including phenoxy) is 1. The highest BCUT2D eigenvalue weighted by Gasteiger charge is 2.25. The zero-order valence-corrected chi connectivity index (χ0v) is 11.1. The van der Waals surface area contributed by atoms with Crippen LogP contribution in [0.15, 0.2) is 0 Å². The normalized spacial score (nSPS) is 25.5. The minimum absolute atomic E-state index is 0.281. The van der Waals surface area contributed by atoms with Crippen molar-refractivity contribution in [3.63, 3.8) is 0 Å². The second kappa shape index (κ2) is 8.37. The van der Waals surface area contributed by atoms with E-state index in [1.165, 1.54) is 0 Å². The Labute approximate surface area is 99.2 Å². The molecule has 0 heterocycles. The van der Waals surface area contributed by atoms with E-state index in [0.29, 0.717) is 25.5 Å². The maximum atomic E-state index is 9.03. The van der Waals surface area contributed by atoms with E-state index in [0.717, 1.165) is 19.3 Å². The lowest BCUT2D eigenvalue weighted by Crippen LogP contribution is -2.11. The molecule has 0 amide bonds. The van der Waals surface area contributed by atoms with E-state index in [1.807, 2.05) is 13.8 Å². The van der Waals surface area contributed by atoms with Gasteiger partial charge in [0, 0.05) is 6.61 Å². The molecule has 0 bridgehead atoms. The quantitative estimate of drug-likeness (QED) is 0.672. The monoisotopic (exact) mass is 250 g/mol. The lowest BCUT2D eigenvalue weighted by molar-refractivity contribution is 0.0739. The van der Waals surface area contributed by atoms with Gasteiger partial charge >= 0.3 is 0 Å². The van der Waals surface area contributed by atoms with Crippen molar-refractivity contribution in [1.82, 2.24) is 0 Å². The van der Waals surface area contributed by atoms with Crippen molar-refractivity contribution >= 4 is 8.38 Å². The Balaban J connectivity index is 2.16. The van der Waals surface area contributed by atoms with Gasteiger partial charge in [-0.05, 0) is 39.0 Å². The first-order chi connectivity index (χ1) is 7.80. The summed E-state index contributed by atoms with van der Waals surface area (Å²) in [6.07, 6.45) is 3.93. The van der Waals surface area contributed by atoms with Crippen LogP contribution in [0.2, 0.25) is 0 Å². The van der Waals surface area contributed by atoms with E-state index in [9.17, 15) is 0 Å². The number of rotatable bonds is 8. The van der Waals surface area contributed by atoms with Crippen LogP contribution in [0, 0.1) is 5.92 Å². The van der Waals surface area contributed by atoms with E-state index >= 15 is 0 Å². The van der Waals surface area contributed by atoms with E-state index in [4.69, 9.17) is 18.9 Å². The zero-order chi connectivity index (χ0) is 11.8. The van der Waals surface area contributed by atoms with E-state index in [-0.39, 0.29) is 12.7 Å². The summed E-state index contributed by atoms with van der Waals surface area (Å²) in [5.41, 5.74) is 0. The van der Waals surface area contributed by atoms with Crippen LogP contribution in [0.3, 0.4) is 0 Å². The SMILES string of the molecule is CCOP(COC1CCC(CO)C1)OCC. The van der Waals surface area contributed by atoms with Gasteiger partial charge in [-0.3, -0.25) is 0 Å². The zero-order valence-electron chi connectivity index (χ0n) is 10.2. The van der Waals surface area contributed by atoms with Gasteiger partial charge in [0.15, 0.2) is 8.38 Å². The minimum Gasteiger partial charge on any atom is -0.396 e. The van der Waals surface area contributed by atoms with Gasteiger partial charge < -0.3 is 18.9 Å². The van der Waals surface area contributed by atoms with Gasteiger partial charge in [-0.15, -0.1) is 0 Å². The third-order valence-corrected chi connectivity index (χ3v) is 4.17. The summed E-state index contributed by atoms with van der Waals surface area (Å²) in [6.45, 7) is 5.54. The van der Waals surface area contributed by atoms with Crippen molar-refractivity contribution in [2.45, 2.75) is 39.2 Å². The topological polar surface area (TPSA) is 47.9 Å². The number of aliphatic hydroxyl groups is 1. The minimum atomic E-state index is -0.880. The molecule has 1 aliphatic carbocycles. The summed E-state index contributed by atoms with van der Waals surface area (Å²) in [5.74, 6) is 0.426. The Morgan fingerprint density at radius 3 is 2.38 bits per heavy atom. The molecule has 0 aromatic carbocycles. The van der Waals surface area contributed by atoms with Crippen LogP contribution in [-0.4, -0.2) is 37.4 Å². The second-order valence-corrected chi connectivity index (χ2v) is 5.39. The molecule has 0 saturated heterocycles. The third-order valence-electron chi connectivity index (χ3n) is 2.71. The smallest absolute Gasteiger partial charge is 0.198 e. The van der Waals surface area contributed by atoms with Gasteiger partial charge in [0.05, 0.1) is 19.3 Å². The van der Waals surface area contributed by atoms with E-state index in [2.05, 4.69) is 0 Å². The molecule has 1 aliphatic rings. The summed E-state index contributed by atoms with van der Waals surface area (Å²) in [5, 5.41) is 9.03. The Kier molecular flexibility index (Phi) is 7.50. The van der Waals surface area contributed by atoms with Gasteiger partial charge in [-0.2, -0.15) is 0 Å². The van der Waals surface area contributed by atoms with Crippen LogP contribution in [0.25, 0.3) is 0 Å². The van der Waals surface area contributed by atoms with Gasteiger partial charge in [-0.25, -0.2) is 0 Å². The maximum Gasteiger partial charge on any atom is 0.198 e. The third kappa shape index (κ3) is 5.07. The average Bonchev–Trinajstić information content (AvgIpc) is 2.74. The van der Waals surface area contributed by atoms with Crippen LogP contribution in [0.4, 0.5) is 0 Å². The Hall–Kier alpha value is 0.270. The highest BCUT2D eigenvalue weighted by atomic mass is 31.2.